The van der Waals surface area contributed by atoms with Gasteiger partial charge in [-0.05, 0) is 33.1 Å². The van der Waals surface area contributed by atoms with Gasteiger partial charge in [0.05, 0.1) is 13.2 Å². The molecule has 0 aromatic carbocycles. The summed E-state index contributed by atoms with van der Waals surface area (Å²) in [7, 11) is 1.13. The van der Waals surface area contributed by atoms with Crippen LogP contribution in [-0.4, -0.2) is 77.5 Å². The second-order valence-electron chi connectivity index (χ2n) is 7.64. The maximum atomic E-state index is 12.1. The first-order chi connectivity index (χ1) is 12.0. The van der Waals surface area contributed by atoms with E-state index in [2.05, 4.69) is 34.4 Å². The van der Waals surface area contributed by atoms with Crippen molar-refractivity contribution in [2.75, 3.05) is 45.6 Å². The maximum absolute atomic E-state index is 12.1. The smallest absolute Gasteiger partial charge is 0.191 e. The van der Waals surface area contributed by atoms with Crippen molar-refractivity contribution >= 4 is 40.7 Å². The van der Waals surface area contributed by atoms with Crippen LogP contribution in [0.3, 0.4) is 0 Å². The highest BCUT2D eigenvalue weighted by atomic mass is 127. The summed E-state index contributed by atoms with van der Waals surface area (Å²) in [5.41, 5.74) is 0.0558. The lowest BCUT2D eigenvalue weighted by Gasteiger charge is -2.41. The van der Waals surface area contributed by atoms with Crippen LogP contribution >= 0.6 is 24.0 Å². The second-order valence-corrected chi connectivity index (χ2v) is 9.64. The summed E-state index contributed by atoms with van der Waals surface area (Å²) in [5.74, 6) is 1.62. The van der Waals surface area contributed by atoms with E-state index in [1.165, 1.54) is 0 Å². The van der Waals surface area contributed by atoms with Crippen LogP contribution in [0.5, 0.6) is 0 Å². The van der Waals surface area contributed by atoms with Gasteiger partial charge in [-0.15, -0.1) is 24.0 Å². The highest BCUT2D eigenvalue weighted by molar-refractivity contribution is 14.0. The van der Waals surface area contributed by atoms with Gasteiger partial charge < -0.3 is 15.4 Å². The minimum Gasteiger partial charge on any atom is -0.379 e. The van der Waals surface area contributed by atoms with Gasteiger partial charge in [0.15, 0.2) is 5.96 Å². The molecule has 0 amide bonds. The number of aliphatic imine (C=N–C) groups is 1. The molecule has 0 aromatic rings. The third-order valence-corrected chi connectivity index (χ3v) is 7.14. The average Bonchev–Trinajstić information content (AvgIpc) is 2.65. The first kappa shape index (κ1) is 24.1. The fourth-order valence-corrected chi connectivity index (χ4v) is 5.07. The summed E-state index contributed by atoms with van der Waals surface area (Å²) in [5, 5.41) is 7.38. The summed E-state index contributed by atoms with van der Waals surface area (Å²) >= 11 is 0. The van der Waals surface area contributed by atoms with E-state index >= 15 is 0 Å². The molecule has 2 N–H and O–H groups in total. The minimum atomic E-state index is -0.691. The molecule has 1 heterocycles. The van der Waals surface area contributed by atoms with E-state index in [0.717, 1.165) is 70.2 Å². The van der Waals surface area contributed by atoms with Gasteiger partial charge >= 0.3 is 0 Å². The molecule has 0 radical (unpaired) electrons. The van der Waals surface area contributed by atoms with Crippen LogP contribution < -0.4 is 10.6 Å². The Hall–Kier alpha value is 0.0700. The Labute approximate surface area is 178 Å². The van der Waals surface area contributed by atoms with Gasteiger partial charge in [-0.1, -0.05) is 13.3 Å². The molecule has 0 spiro atoms. The van der Waals surface area contributed by atoms with Gasteiger partial charge in [-0.25, -0.2) is 0 Å². The molecule has 26 heavy (non-hydrogen) atoms. The molecule has 2 fully saturated rings. The fraction of sp³-hybridized carbons (Fsp3) is 0.944. The number of halogens is 1. The quantitative estimate of drug-likeness (QED) is 0.332. The molecular weight excluding hydrogens is 463 g/mol. The van der Waals surface area contributed by atoms with Gasteiger partial charge in [0.1, 0.15) is 0 Å². The van der Waals surface area contributed by atoms with Crippen LogP contribution in [0.1, 0.15) is 46.5 Å². The standard InChI is InChI=1S/C18H36N4O2S.HI/c1-5-25(23)16-8-6-7-15(13-16)21-17(19-4)20-14-18(2,3)22-9-11-24-12-10-22;/h15-16H,5-14H2,1-4H3,(H2,19,20,21);1H. The number of ether oxygens (including phenoxy) is 1. The van der Waals surface area contributed by atoms with Crippen molar-refractivity contribution < 1.29 is 8.95 Å². The van der Waals surface area contributed by atoms with Gasteiger partial charge in [0, 0.05) is 60.1 Å². The number of nitrogens with one attached hydrogen (secondary N) is 2. The zero-order chi connectivity index (χ0) is 18.3. The van der Waals surface area contributed by atoms with Crippen molar-refractivity contribution in [2.45, 2.75) is 63.3 Å². The van der Waals surface area contributed by atoms with Crippen molar-refractivity contribution in [2.24, 2.45) is 4.99 Å². The predicted molar refractivity (Wildman–Crippen MR) is 121 cm³/mol. The molecule has 3 atom stereocenters. The molecule has 1 aliphatic heterocycles. The monoisotopic (exact) mass is 500 g/mol. The van der Waals surface area contributed by atoms with Crippen molar-refractivity contribution in [3.05, 3.63) is 0 Å². The first-order valence-corrected chi connectivity index (χ1v) is 11.0. The molecule has 1 aliphatic carbocycles. The Morgan fingerprint density at radius 2 is 2.00 bits per heavy atom. The lowest BCUT2D eigenvalue weighted by atomic mass is 9.95. The maximum Gasteiger partial charge on any atom is 0.191 e. The highest BCUT2D eigenvalue weighted by Gasteiger charge is 2.29. The predicted octanol–water partition coefficient (Wildman–Crippen LogP) is 1.96. The Morgan fingerprint density at radius 1 is 1.31 bits per heavy atom. The zero-order valence-electron chi connectivity index (χ0n) is 16.8. The molecule has 154 valence electrons. The molecule has 8 heteroatoms. The van der Waals surface area contributed by atoms with Crippen LogP contribution in [0.25, 0.3) is 0 Å². The van der Waals surface area contributed by atoms with Crippen molar-refractivity contribution in [3.63, 3.8) is 0 Å². The number of rotatable bonds is 6. The second kappa shape index (κ2) is 11.8. The van der Waals surface area contributed by atoms with Gasteiger partial charge in [0.2, 0.25) is 0 Å². The van der Waals surface area contributed by atoms with Crippen molar-refractivity contribution in [1.29, 1.82) is 0 Å². The number of hydrogen-bond acceptors (Lipinski definition) is 4. The SMILES string of the molecule is CCS(=O)C1CCCC(NC(=NC)NCC(C)(C)N2CCOCC2)C1.I. The number of guanidine groups is 1. The normalized spacial score (nSPS) is 26.7. The Balaban J connectivity index is 0.00000338. The average molecular weight is 500 g/mol. The lowest BCUT2D eigenvalue weighted by Crippen LogP contribution is -2.57. The summed E-state index contributed by atoms with van der Waals surface area (Å²) in [6, 6.07) is 0.368. The topological polar surface area (TPSA) is 66.0 Å². The summed E-state index contributed by atoms with van der Waals surface area (Å²) < 4.78 is 17.6. The minimum absolute atomic E-state index is 0. The van der Waals surface area contributed by atoms with E-state index in [-0.39, 0.29) is 29.5 Å². The van der Waals surface area contributed by atoms with Crippen LogP contribution in [0, 0.1) is 0 Å². The summed E-state index contributed by atoms with van der Waals surface area (Å²) in [6.07, 6.45) is 4.35. The van der Waals surface area contributed by atoms with E-state index < -0.39 is 10.8 Å². The van der Waals surface area contributed by atoms with Gasteiger partial charge in [0.25, 0.3) is 0 Å². The van der Waals surface area contributed by atoms with Crippen LogP contribution in [0.4, 0.5) is 0 Å². The third kappa shape index (κ3) is 7.24. The molecule has 0 bridgehead atoms. The summed E-state index contributed by atoms with van der Waals surface area (Å²) in [4.78, 5) is 6.87. The molecule has 2 rings (SSSR count). The Kier molecular flexibility index (Phi) is 11.0. The molecule has 6 nitrogen and oxygen atoms in total. The first-order valence-electron chi connectivity index (χ1n) is 9.63. The van der Waals surface area contributed by atoms with E-state index in [1.807, 2.05) is 14.0 Å². The third-order valence-electron chi connectivity index (χ3n) is 5.40. The van der Waals surface area contributed by atoms with Crippen molar-refractivity contribution in [1.82, 2.24) is 15.5 Å². The summed E-state index contributed by atoms with van der Waals surface area (Å²) in [6.45, 7) is 11.0. The van der Waals surface area contributed by atoms with Crippen LogP contribution in [0.2, 0.25) is 0 Å². The Morgan fingerprint density at radius 3 is 2.62 bits per heavy atom. The number of hydrogen-bond donors (Lipinski definition) is 2. The van der Waals surface area contributed by atoms with E-state index in [9.17, 15) is 4.21 Å². The molecular formula is C18H37IN4O2S. The molecule has 3 unspecified atom stereocenters. The van der Waals surface area contributed by atoms with E-state index in [1.54, 1.807) is 0 Å². The van der Waals surface area contributed by atoms with Crippen LogP contribution in [-0.2, 0) is 15.5 Å². The largest absolute Gasteiger partial charge is 0.379 e. The van der Waals surface area contributed by atoms with Crippen molar-refractivity contribution in [3.8, 4) is 0 Å². The highest BCUT2D eigenvalue weighted by Crippen LogP contribution is 2.23. The van der Waals surface area contributed by atoms with E-state index in [0.29, 0.717) is 11.3 Å². The Bertz CT molecular complexity index is 470. The number of morpholine rings is 1. The molecule has 2 aliphatic rings. The molecule has 0 aromatic heterocycles. The number of nitrogens with zero attached hydrogens (tertiary/aromatic N) is 2. The molecule has 1 saturated carbocycles. The van der Waals surface area contributed by atoms with E-state index in [4.69, 9.17) is 4.74 Å². The van der Waals surface area contributed by atoms with Gasteiger partial charge in [-0.2, -0.15) is 0 Å². The lowest BCUT2D eigenvalue weighted by molar-refractivity contribution is -0.00835. The fourth-order valence-electron chi connectivity index (χ4n) is 3.72. The zero-order valence-corrected chi connectivity index (χ0v) is 19.9. The molecule has 1 saturated heterocycles. The van der Waals surface area contributed by atoms with Gasteiger partial charge in [-0.3, -0.25) is 14.1 Å². The van der Waals surface area contributed by atoms with Crippen LogP contribution in [0.15, 0.2) is 4.99 Å².